The minimum Gasteiger partial charge on any atom is -0.464 e. The normalized spacial score (nSPS) is 18.5. The lowest BCUT2D eigenvalue weighted by Crippen LogP contribution is -2.36. The molecule has 0 bridgehead atoms. The third-order valence-electron chi connectivity index (χ3n) is 3.74. The Morgan fingerprint density at radius 1 is 1.38 bits per heavy atom. The zero-order valence-electron chi connectivity index (χ0n) is 14.2. The zero-order chi connectivity index (χ0) is 18.1. The van der Waals surface area contributed by atoms with Gasteiger partial charge in [-0.3, -0.25) is 0 Å². The predicted octanol–water partition coefficient (Wildman–Crippen LogP) is 2.04. The van der Waals surface area contributed by atoms with Gasteiger partial charge in [0.05, 0.1) is 12.0 Å². The van der Waals surface area contributed by atoms with Crippen molar-refractivity contribution >= 4 is 16.4 Å². The van der Waals surface area contributed by atoms with Gasteiger partial charge in [-0.25, -0.2) is 4.79 Å². The molecule has 0 spiro atoms. The maximum atomic E-state index is 12.1. The Morgan fingerprint density at radius 3 is 2.62 bits per heavy atom. The zero-order valence-corrected chi connectivity index (χ0v) is 15.0. The van der Waals surface area contributed by atoms with Gasteiger partial charge in [-0.2, -0.15) is 12.7 Å². The first kappa shape index (κ1) is 18.3. The molecule has 1 aromatic carbocycles. The number of fused-ring (bicyclic) bond motifs is 1. The van der Waals surface area contributed by atoms with Gasteiger partial charge in [-0.15, -0.1) is 0 Å². The van der Waals surface area contributed by atoms with E-state index in [0.29, 0.717) is 10.1 Å². The molecule has 8 nitrogen and oxygen atoms in total. The first-order valence-electron chi connectivity index (χ1n) is 7.32. The fourth-order valence-electron chi connectivity index (χ4n) is 2.38. The summed E-state index contributed by atoms with van der Waals surface area (Å²) in [5.41, 5.74) is 0.265. The number of ether oxygens (including phenoxy) is 3. The van der Waals surface area contributed by atoms with Crippen LogP contribution < -0.4 is 8.92 Å². The largest absolute Gasteiger partial charge is 0.464 e. The van der Waals surface area contributed by atoms with Gasteiger partial charge in [0.2, 0.25) is 6.29 Å². The van der Waals surface area contributed by atoms with E-state index in [1.807, 2.05) is 13.8 Å². The van der Waals surface area contributed by atoms with Crippen molar-refractivity contribution in [2.45, 2.75) is 32.5 Å². The molecule has 1 amide bonds. The second kappa shape index (κ2) is 6.48. The van der Waals surface area contributed by atoms with Crippen molar-refractivity contribution in [1.82, 2.24) is 4.31 Å². The predicted molar refractivity (Wildman–Crippen MR) is 85.2 cm³/mol. The fraction of sp³-hybridized carbons (Fsp3) is 0.533. The van der Waals surface area contributed by atoms with Crippen LogP contribution in [0, 0.1) is 0 Å². The lowest BCUT2D eigenvalue weighted by molar-refractivity contribution is -0.0779. The molecular weight excluding hydrogens is 338 g/mol. The Bertz CT molecular complexity index is 729. The number of rotatable bonds is 5. The summed E-state index contributed by atoms with van der Waals surface area (Å²) >= 11 is 0. The Hall–Kier alpha value is -2.00. The molecule has 1 heterocycles. The van der Waals surface area contributed by atoms with Crippen LogP contribution in [0.1, 0.15) is 26.3 Å². The van der Waals surface area contributed by atoms with E-state index in [9.17, 15) is 13.2 Å². The SMILES string of the molecule is CCOC(=O)N(C)S(=O)(=O)Oc1ccc2c(c1)C(C)(C)C(OC)O2. The van der Waals surface area contributed by atoms with Crippen LogP contribution in [-0.2, 0) is 25.2 Å². The van der Waals surface area contributed by atoms with Crippen molar-refractivity contribution in [3.05, 3.63) is 23.8 Å². The van der Waals surface area contributed by atoms with Crippen LogP contribution in [0.15, 0.2) is 18.2 Å². The summed E-state index contributed by atoms with van der Waals surface area (Å²) in [5.74, 6) is 0.661. The van der Waals surface area contributed by atoms with E-state index in [0.717, 1.165) is 12.6 Å². The second-order valence-corrected chi connectivity index (χ2v) is 7.34. The molecule has 9 heteroatoms. The molecule has 0 N–H and O–H groups in total. The monoisotopic (exact) mass is 359 g/mol. The van der Waals surface area contributed by atoms with E-state index in [-0.39, 0.29) is 12.4 Å². The molecule has 1 aliphatic heterocycles. The van der Waals surface area contributed by atoms with Crippen LogP contribution in [0.4, 0.5) is 4.79 Å². The van der Waals surface area contributed by atoms with Crippen LogP contribution >= 0.6 is 0 Å². The van der Waals surface area contributed by atoms with Crippen LogP contribution in [0.25, 0.3) is 0 Å². The first-order valence-corrected chi connectivity index (χ1v) is 8.69. The topological polar surface area (TPSA) is 91.4 Å². The van der Waals surface area contributed by atoms with E-state index < -0.39 is 28.1 Å². The van der Waals surface area contributed by atoms with Gasteiger partial charge in [0.25, 0.3) is 0 Å². The van der Waals surface area contributed by atoms with Gasteiger partial charge in [-0.1, -0.05) is 0 Å². The molecule has 24 heavy (non-hydrogen) atoms. The molecule has 1 aromatic rings. The Labute approximate surface area is 141 Å². The molecule has 0 aromatic heterocycles. The first-order chi connectivity index (χ1) is 11.1. The second-order valence-electron chi connectivity index (χ2n) is 5.77. The number of carbonyl (C=O) groups excluding carboxylic acids is 1. The molecule has 0 fully saturated rings. The summed E-state index contributed by atoms with van der Waals surface area (Å²) in [4.78, 5) is 11.6. The van der Waals surface area contributed by atoms with E-state index >= 15 is 0 Å². The highest BCUT2D eigenvalue weighted by Gasteiger charge is 2.42. The van der Waals surface area contributed by atoms with E-state index in [1.54, 1.807) is 19.1 Å². The number of hydrogen-bond donors (Lipinski definition) is 0. The van der Waals surface area contributed by atoms with Crippen LogP contribution in [0.2, 0.25) is 0 Å². The summed E-state index contributed by atoms with van der Waals surface area (Å²) in [7, 11) is -1.72. The van der Waals surface area contributed by atoms with Crippen molar-refractivity contribution < 1.29 is 31.6 Å². The van der Waals surface area contributed by atoms with Crippen molar-refractivity contribution in [2.75, 3.05) is 20.8 Å². The molecule has 1 aliphatic rings. The van der Waals surface area contributed by atoms with Gasteiger partial charge in [0.1, 0.15) is 11.5 Å². The summed E-state index contributed by atoms with van der Waals surface area (Å²) in [6.45, 7) is 5.46. The average molecular weight is 359 g/mol. The number of methoxy groups -OCH3 is 1. The van der Waals surface area contributed by atoms with Crippen molar-refractivity contribution in [3.63, 3.8) is 0 Å². The molecular formula is C15H21NO7S. The highest BCUT2D eigenvalue weighted by molar-refractivity contribution is 7.85. The van der Waals surface area contributed by atoms with Gasteiger partial charge < -0.3 is 18.4 Å². The molecule has 0 aliphatic carbocycles. The van der Waals surface area contributed by atoms with Crippen molar-refractivity contribution in [2.24, 2.45) is 0 Å². The van der Waals surface area contributed by atoms with Crippen LogP contribution in [0.3, 0.4) is 0 Å². The summed E-state index contributed by atoms with van der Waals surface area (Å²) in [6.07, 6.45) is -1.50. The standard InChI is InChI=1S/C15H21NO7S/c1-6-21-14(17)16(4)24(18,19)23-10-7-8-12-11(9-10)15(2,3)13(20-5)22-12/h7-9,13H,6H2,1-5H3. The molecule has 2 rings (SSSR count). The minimum atomic E-state index is -4.32. The molecule has 0 saturated carbocycles. The number of benzene rings is 1. The molecule has 0 radical (unpaired) electrons. The Kier molecular flexibility index (Phi) is 4.95. The van der Waals surface area contributed by atoms with Crippen molar-refractivity contribution in [1.29, 1.82) is 0 Å². The van der Waals surface area contributed by atoms with Crippen LogP contribution in [0.5, 0.6) is 11.5 Å². The average Bonchev–Trinajstić information content (AvgIpc) is 2.77. The van der Waals surface area contributed by atoms with Gasteiger partial charge in [0, 0.05) is 19.7 Å². The summed E-state index contributed by atoms with van der Waals surface area (Å²) < 4.78 is 45.3. The van der Waals surface area contributed by atoms with E-state index in [4.69, 9.17) is 13.7 Å². The van der Waals surface area contributed by atoms with Gasteiger partial charge in [0.15, 0.2) is 0 Å². The molecule has 0 saturated heterocycles. The maximum absolute atomic E-state index is 12.1. The van der Waals surface area contributed by atoms with Crippen molar-refractivity contribution in [3.8, 4) is 11.5 Å². The maximum Gasteiger partial charge on any atom is 0.425 e. The highest BCUT2D eigenvalue weighted by Crippen LogP contribution is 2.44. The highest BCUT2D eigenvalue weighted by atomic mass is 32.2. The quantitative estimate of drug-likeness (QED) is 0.794. The third kappa shape index (κ3) is 3.27. The molecule has 1 unspecified atom stereocenters. The lowest BCUT2D eigenvalue weighted by atomic mass is 9.85. The number of carbonyl (C=O) groups is 1. The van der Waals surface area contributed by atoms with Gasteiger partial charge >= 0.3 is 16.4 Å². The fourth-order valence-corrected chi connectivity index (χ4v) is 3.08. The van der Waals surface area contributed by atoms with Gasteiger partial charge in [-0.05, 0) is 39.0 Å². The Morgan fingerprint density at radius 2 is 2.04 bits per heavy atom. The number of amides is 1. The summed E-state index contributed by atoms with van der Waals surface area (Å²) in [5, 5.41) is 0. The van der Waals surface area contributed by atoms with E-state index in [1.165, 1.54) is 13.2 Å². The molecule has 1 atom stereocenters. The molecule has 134 valence electrons. The minimum absolute atomic E-state index is 0.0570. The smallest absolute Gasteiger partial charge is 0.425 e. The van der Waals surface area contributed by atoms with E-state index in [2.05, 4.69) is 4.74 Å². The Balaban J connectivity index is 2.26. The van der Waals surface area contributed by atoms with Crippen LogP contribution in [-0.4, -0.2) is 45.9 Å². The summed E-state index contributed by atoms with van der Waals surface area (Å²) in [6, 6.07) is 4.61. The third-order valence-corrected chi connectivity index (χ3v) is 4.97. The number of hydrogen-bond acceptors (Lipinski definition) is 7. The lowest BCUT2D eigenvalue weighted by Gasteiger charge is -2.24. The number of nitrogens with zero attached hydrogens (tertiary/aromatic N) is 1.